The maximum Gasteiger partial charge on any atom is 0.261 e. The zero-order chi connectivity index (χ0) is 25.1. The van der Waals surface area contributed by atoms with Crippen LogP contribution in [0.15, 0.2) is 83.3 Å². The zero-order valence-corrected chi connectivity index (χ0v) is 23.2. The summed E-state index contributed by atoms with van der Waals surface area (Å²) in [7, 11) is 1.66. The van der Waals surface area contributed by atoms with Gasteiger partial charge >= 0.3 is 0 Å². The van der Waals surface area contributed by atoms with Crippen LogP contribution in [0.5, 0.6) is 5.75 Å². The monoisotopic (exact) mass is 555 g/mol. The second-order valence-electron chi connectivity index (χ2n) is 9.22. The highest BCUT2D eigenvalue weighted by Crippen LogP contribution is 2.33. The van der Waals surface area contributed by atoms with Crippen molar-refractivity contribution >= 4 is 36.0 Å². The van der Waals surface area contributed by atoms with E-state index in [-0.39, 0.29) is 36.2 Å². The van der Waals surface area contributed by atoms with E-state index in [1.165, 1.54) is 23.3 Å². The van der Waals surface area contributed by atoms with Crippen LogP contribution in [0.2, 0.25) is 0 Å². The van der Waals surface area contributed by atoms with Gasteiger partial charge in [-0.3, -0.25) is 9.20 Å². The van der Waals surface area contributed by atoms with Crippen LogP contribution in [0.25, 0.3) is 11.2 Å². The molecule has 2 aromatic heterocycles. The lowest BCUT2D eigenvalue weighted by molar-refractivity contribution is 0.259. The number of likely N-dealkylation sites (tertiary alicyclic amines) is 1. The fourth-order valence-corrected chi connectivity index (χ4v) is 5.04. The average molecular weight is 557 g/mol. The third-order valence-electron chi connectivity index (χ3n) is 7.04. The molecule has 0 atom stereocenters. The number of aryl methyl sites for hydroxylation is 1. The minimum absolute atomic E-state index is 0. The van der Waals surface area contributed by atoms with Gasteiger partial charge in [0.2, 0.25) is 0 Å². The quantitative estimate of drug-likeness (QED) is 0.287. The molecule has 0 spiro atoms. The summed E-state index contributed by atoms with van der Waals surface area (Å²) in [5.74, 6) is 0.577. The number of rotatable bonds is 6. The first-order valence-corrected chi connectivity index (χ1v) is 12.3. The van der Waals surface area contributed by atoms with Crippen LogP contribution in [0.1, 0.15) is 35.2 Å². The molecular formula is C30H32Cl2FN3O2. The summed E-state index contributed by atoms with van der Waals surface area (Å²) in [6, 6.07) is 20.4. The largest absolute Gasteiger partial charge is 0.497 e. The van der Waals surface area contributed by atoms with Crippen LogP contribution < -0.4 is 10.3 Å². The molecule has 3 heterocycles. The lowest BCUT2D eigenvalue weighted by Crippen LogP contribution is -2.34. The highest BCUT2D eigenvalue weighted by molar-refractivity contribution is 5.85. The Kier molecular flexibility index (Phi) is 10.1. The Labute approximate surface area is 234 Å². The van der Waals surface area contributed by atoms with Crippen molar-refractivity contribution in [1.82, 2.24) is 14.3 Å². The summed E-state index contributed by atoms with van der Waals surface area (Å²) in [5.41, 5.74) is 6.97. The number of piperidine rings is 1. The van der Waals surface area contributed by atoms with Crippen LogP contribution in [0.3, 0.4) is 0 Å². The fourth-order valence-electron chi connectivity index (χ4n) is 5.04. The molecule has 0 aliphatic carbocycles. The van der Waals surface area contributed by atoms with E-state index < -0.39 is 0 Å². The van der Waals surface area contributed by atoms with Gasteiger partial charge in [-0.2, -0.15) is 0 Å². The summed E-state index contributed by atoms with van der Waals surface area (Å²) in [4.78, 5) is 20.0. The first-order valence-electron chi connectivity index (χ1n) is 12.3. The molecule has 0 unspecified atom stereocenters. The molecule has 2 aromatic carbocycles. The molecule has 5 nitrogen and oxygen atoms in total. The van der Waals surface area contributed by atoms with E-state index in [0.717, 1.165) is 60.6 Å². The van der Waals surface area contributed by atoms with E-state index in [0.29, 0.717) is 12.1 Å². The minimum Gasteiger partial charge on any atom is -0.497 e. The van der Waals surface area contributed by atoms with E-state index in [4.69, 9.17) is 4.74 Å². The minimum atomic E-state index is -0.234. The standard InChI is InChI=1S/C30H30FN3O2.2ClH/c1-21-27(30(35)34-17-4-3-5-28(34)32-21)16-20-33-18-14-24(15-19-33)29(22-6-10-25(31)11-7-22)23-8-12-26(36-2)13-9-23;;/h3-13,17H,14-16,18-20H2,1-2H3;2*1H. The molecule has 5 rings (SSSR count). The molecule has 1 aliphatic rings. The Morgan fingerprint density at radius 3 is 2.21 bits per heavy atom. The van der Waals surface area contributed by atoms with Crippen LogP contribution in [-0.2, 0) is 6.42 Å². The average Bonchev–Trinajstić information content (AvgIpc) is 2.91. The molecule has 1 fully saturated rings. The molecular weight excluding hydrogens is 524 g/mol. The normalized spacial score (nSPS) is 13.5. The van der Waals surface area contributed by atoms with Gasteiger partial charge in [-0.15, -0.1) is 24.8 Å². The summed E-state index contributed by atoms with van der Waals surface area (Å²) in [6.45, 7) is 4.57. The molecule has 4 aromatic rings. The van der Waals surface area contributed by atoms with E-state index in [1.807, 2.05) is 49.4 Å². The molecule has 1 aliphatic heterocycles. The van der Waals surface area contributed by atoms with Gasteiger partial charge in [0.15, 0.2) is 0 Å². The lowest BCUT2D eigenvalue weighted by Gasteiger charge is -2.30. The number of pyridine rings is 1. The molecule has 0 bridgehead atoms. The van der Waals surface area contributed by atoms with Crippen molar-refractivity contribution in [3.05, 3.63) is 117 Å². The number of ether oxygens (including phenoxy) is 1. The van der Waals surface area contributed by atoms with Gasteiger partial charge in [0.05, 0.1) is 7.11 Å². The third-order valence-corrected chi connectivity index (χ3v) is 7.04. The van der Waals surface area contributed by atoms with Crippen molar-refractivity contribution in [3.63, 3.8) is 0 Å². The van der Waals surface area contributed by atoms with Gasteiger partial charge in [0, 0.05) is 37.1 Å². The van der Waals surface area contributed by atoms with E-state index >= 15 is 0 Å². The van der Waals surface area contributed by atoms with Gasteiger partial charge in [-0.05, 0) is 79.3 Å². The van der Waals surface area contributed by atoms with E-state index in [9.17, 15) is 9.18 Å². The topological polar surface area (TPSA) is 46.8 Å². The first-order chi connectivity index (χ1) is 17.5. The van der Waals surface area contributed by atoms with Gasteiger partial charge in [-0.1, -0.05) is 35.9 Å². The van der Waals surface area contributed by atoms with Crippen LogP contribution in [0.4, 0.5) is 4.39 Å². The Bertz CT molecular complexity index is 1460. The molecule has 0 amide bonds. The van der Waals surface area contributed by atoms with Crippen LogP contribution in [0, 0.1) is 12.7 Å². The summed E-state index contributed by atoms with van der Waals surface area (Å²) < 4.78 is 20.6. The highest BCUT2D eigenvalue weighted by atomic mass is 35.5. The number of nitrogens with zero attached hydrogens (tertiary/aromatic N) is 3. The van der Waals surface area contributed by atoms with Crippen molar-refractivity contribution in [2.75, 3.05) is 26.7 Å². The second-order valence-corrected chi connectivity index (χ2v) is 9.22. The maximum absolute atomic E-state index is 13.6. The second kappa shape index (κ2) is 13.1. The zero-order valence-electron chi connectivity index (χ0n) is 21.5. The van der Waals surface area contributed by atoms with Gasteiger partial charge < -0.3 is 9.64 Å². The Balaban J connectivity index is 0.00000200. The SMILES string of the molecule is COc1ccc(C(=C2CCN(CCc3c(C)nc4ccccn4c3=O)CC2)c2ccc(F)cc2)cc1.Cl.Cl. The number of hydrogen-bond acceptors (Lipinski definition) is 4. The van der Waals surface area contributed by atoms with E-state index in [1.54, 1.807) is 17.7 Å². The molecule has 1 saturated heterocycles. The Morgan fingerprint density at radius 1 is 0.947 bits per heavy atom. The molecule has 38 heavy (non-hydrogen) atoms. The molecule has 0 radical (unpaired) electrons. The summed E-state index contributed by atoms with van der Waals surface area (Å²) in [6.07, 6.45) is 4.30. The van der Waals surface area contributed by atoms with Crippen molar-refractivity contribution in [1.29, 1.82) is 0 Å². The van der Waals surface area contributed by atoms with E-state index in [2.05, 4.69) is 22.0 Å². The molecule has 8 heteroatoms. The fraction of sp³-hybridized carbons (Fsp3) is 0.267. The number of fused-ring (bicyclic) bond motifs is 1. The van der Waals surface area contributed by atoms with Crippen molar-refractivity contribution in [2.45, 2.75) is 26.2 Å². The number of hydrogen-bond donors (Lipinski definition) is 0. The Hall–Kier alpha value is -3.19. The molecule has 0 N–H and O–H groups in total. The number of halogens is 3. The van der Waals surface area contributed by atoms with Gasteiger partial charge in [-0.25, -0.2) is 9.37 Å². The van der Waals surface area contributed by atoms with Crippen molar-refractivity contribution in [3.8, 4) is 5.75 Å². The molecule has 0 saturated carbocycles. The number of methoxy groups -OCH3 is 1. The third kappa shape index (κ3) is 6.26. The molecule has 200 valence electrons. The first kappa shape index (κ1) is 29.4. The number of benzene rings is 2. The number of aromatic nitrogens is 2. The summed E-state index contributed by atoms with van der Waals surface area (Å²) >= 11 is 0. The maximum atomic E-state index is 13.6. The highest BCUT2D eigenvalue weighted by Gasteiger charge is 2.20. The summed E-state index contributed by atoms with van der Waals surface area (Å²) in [5, 5.41) is 0. The van der Waals surface area contributed by atoms with Crippen LogP contribution in [-0.4, -0.2) is 41.0 Å². The van der Waals surface area contributed by atoms with Crippen molar-refractivity contribution < 1.29 is 9.13 Å². The Morgan fingerprint density at radius 2 is 1.58 bits per heavy atom. The predicted molar refractivity (Wildman–Crippen MR) is 155 cm³/mol. The predicted octanol–water partition coefficient (Wildman–Crippen LogP) is 6.13. The van der Waals surface area contributed by atoms with Gasteiger partial charge in [0.25, 0.3) is 5.56 Å². The van der Waals surface area contributed by atoms with Crippen molar-refractivity contribution in [2.24, 2.45) is 0 Å². The lowest BCUT2D eigenvalue weighted by atomic mass is 9.88. The van der Waals surface area contributed by atoms with Gasteiger partial charge in [0.1, 0.15) is 17.2 Å². The smallest absolute Gasteiger partial charge is 0.261 e. The van der Waals surface area contributed by atoms with Crippen LogP contribution >= 0.6 is 24.8 Å².